The molecule has 1 aliphatic heterocycles. The lowest BCUT2D eigenvalue weighted by Gasteiger charge is -2.24. The molecule has 0 unspecified atom stereocenters. The van der Waals surface area contributed by atoms with Crippen LogP contribution in [0.25, 0.3) is 94.5 Å². The summed E-state index contributed by atoms with van der Waals surface area (Å²) in [5.41, 5.74) is 4.24. The lowest BCUT2D eigenvalue weighted by Crippen LogP contribution is -2.32. The van der Waals surface area contributed by atoms with Crippen LogP contribution in [-0.2, 0) is 10.8 Å². The van der Waals surface area contributed by atoms with Gasteiger partial charge < -0.3 is 4.74 Å². The van der Waals surface area contributed by atoms with Crippen molar-refractivity contribution in [2.75, 3.05) is 0 Å². The summed E-state index contributed by atoms with van der Waals surface area (Å²) in [5, 5.41) is 2.07. The zero-order valence-electron chi connectivity index (χ0n) is 50.7. The number of hydrogen-bond acceptors (Lipinski definition) is 2. The van der Waals surface area contributed by atoms with Gasteiger partial charge in [0.05, 0.1) is 28.9 Å². The highest BCUT2D eigenvalue weighted by atomic mass is 16.5. The Balaban J connectivity index is 1.16. The number of fused-ring (bicyclic) bond motifs is 10. The number of ether oxygens (including phenoxy) is 1. The molecule has 12 rings (SSSR count). The van der Waals surface area contributed by atoms with Crippen LogP contribution in [0.4, 0.5) is 0 Å². The third-order valence-electron chi connectivity index (χ3n) is 12.7. The predicted molar refractivity (Wildman–Crippen MR) is 276 cm³/mol. The molecule has 0 amide bonds. The maximum atomic E-state index is 9.77. The molecule has 4 heterocycles. The Bertz CT molecular complexity index is 4500. The third kappa shape index (κ3) is 6.76. The van der Waals surface area contributed by atoms with Crippen molar-refractivity contribution in [3.05, 3.63) is 211 Å². The highest BCUT2D eigenvalue weighted by Crippen LogP contribution is 2.47. The van der Waals surface area contributed by atoms with Gasteiger partial charge in [0.25, 0.3) is 6.33 Å². The summed E-state index contributed by atoms with van der Waals surface area (Å²) < 4.78 is 133. The van der Waals surface area contributed by atoms with Crippen molar-refractivity contribution in [1.82, 2.24) is 14.1 Å². The topological polar surface area (TPSA) is 35.9 Å². The van der Waals surface area contributed by atoms with Crippen LogP contribution in [0.15, 0.2) is 200 Å². The molecule has 11 aromatic rings. The molecule has 0 fully saturated rings. The number of aromatic nitrogens is 4. The third-order valence-corrected chi connectivity index (χ3v) is 12.7. The van der Waals surface area contributed by atoms with Gasteiger partial charge in [-0.3, -0.25) is 4.57 Å². The van der Waals surface area contributed by atoms with E-state index in [4.69, 9.17) is 19.3 Å². The molecule has 1 aliphatic rings. The Morgan fingerprint density at radius 2 is 1.13 bits per heavy atom. The molecule has 0 N–H and O–H groups in total. The van der Waals surface area contributed by atoms with Gasteiger partial charge in [-0.25, -0.2) is 4.98 Å². The first kappa shape index (κ1) is 28.8. The second-order valence-corrected chi connectivity index (χ2v) is 19.0. The van der Waals surface area contributed by atoms with Crippen molar-refractivity contribution in [2.45, 2.75) is 52.4 Å². The van der Waals surface area contributed by atoms with E-state index in [0.29, 0.717) is 33.8 Å². The highest BCUT2D eigenvalue weighted by Gasteiger charge is 2.32. The minimum Gasteiger partial charge on any atom is -0.457 e. The largest absolute Gasteiger partial charge is 0.457 e. The van der Waals surface area contributed by atoms with E-state index < -0.39 is 84.0 Å². The van der Waals surface area contributed by atoms with Gasteiger partial charge in [0.15, 0.2) is 11.0 Å². The average molecular weight is 881 g/mol. The summed E-state index contributed by atoms with van der Waals surface area (Å²) >= 11 is 0. The van der Waals surface area contributed by atoms with Crippen LogP contribution in [0.1, 0.15) is 70.5 Å². The number of pyridine rings is 1. The Kier molecular flexibility index (Phi) is 6.57. The standard InChI is InChI=1S/C62H51N4O/c1-61(2,3)41-32-33-63-58(36-41)66-55-28-15-14-26-50(55)51-31-30-45(38-57(51)66)67-44-21-16-20-43(37-44)64-39-65-59-53(40-18-8-7-9-19-40)34-42(62(4,5)6)35-54(59)49-25-13-11-23-47(49)46-22-10-12-24-48(46)52-27-17-29-56(64)60(52)65/h7-39H,1-6H3/q+1/i7D,8D,9D,10D,11D,12D,13D,18D,19D,22D,23D,24D,25D. The Labute approximate surface area is 410 Å². The maximum Gasteiger partial charge on any atom is 0.255 e. The quantitative estimate of drug-likeness (QED) is 0.162. The second-order valence-electron chi connectivity index (χ2n) is 19.0. The number of benzene rings is 8. The lowest BCUT2D eigenvalue weighted by atomic mass is 9.81. The molecule has 324 valence electrons. The molecular weight excluding hydrogens is 817 g/mol. The van der Waals surface area contributed by atoms with Gasteiger partial charge in [-0.1, -0.05) is 150 Å². The number of nitrogens with zero attached hydrogens (tertiary/aromatic N) is 4. The molecule has 0 bridgehead atoms. The first-order chi connectivity index (χ1) is 37.9. The first-order valence-electron chi connectivity index (χ1n) is 28.7. The van der Waals surface area contributed by atoms with Crippen molar-refractivity contribution < 1.29 is 27.1 Å². The van der Waals surface area contributed by atoms with E-state index in [-0.39, 0.29) is 55.6 Å². The van der Waals surface area contributed by atoms with E-state index in [2.05, 4.69) is 43.5 Å². The van der Waals surface area contributed by atoms with Gasteiger partial charge in [-0.05, 0) is 117 Å². The van der Waals surface area contributed by atoms with E-state index in [1.807, 2.05) is 98.3 Å². The smallest absolute Gasteiger partial charge is 0.255 e. The molecular formula is C62H51N4O+. The fourth-order valence-corrected chi connectivity index (χ4v) is 9.39. The van der Waals surface area contributed by atoms with Crippen LogP contribution in [0.3, 0.4) is 0 Å². The van der Waals surface area contributed by atoms with E-state index in [1.165, 1.54) is 0 Å². The highest BCUT2D eigenvalue weighted by molar-refractivity contribution is 6.09. The van der Waals surface area contributed by atoms with E-state index in [0.717, 1.165) is 33.2 Å². The number of rotatable bonds is 5. The van der Waals surface area contributed by atoms with Gasteiger partial charge >= 0.3 is 0 Å². The van der Waals surface area contributed by atoms with Crippen molar-refractivity contribution in [2.24, 2.45) is 0 Å². The van der Waals surface area contributed by atoms with Crippen LogP contribution in [0.2, 0.25) is 0 Å². The summed E-state index contributed by atoms with van der Waals surface area (Å²) in [5.74, 6) is 1.77. The first-order valence-corrected chi connectivity index (χ1v) is 22.2. The molecule has 5 heteroatoms. The average Bonchev–Trinajstić information content (AvgIpc) is 4.13. The molecule has 8 aromatic carbocycles. The summed E-state index contributed by atoms with van der Waals surface area (Å²) in [6, 6.07) is 27.2. The van der Waals surface area contributed by atoms with E-state index >= 15 is 0 Å². The summed E-state index contributed by atoms with van der Waals surface area (Å²) in [6.45, 7) is 12.3. The van der Waals surface area contributed by atoms with Crippen LogP contribution in [0, 0.1) is 0 Å². The van der Waals surface area contributed by atoms with Crippen LogP contribution >= 0.6 is 0 Å². The fraction of sp³-hybridized carbons (Fsp3) is 0.129. The predicted octanol–water partition coefficient (Wildman–Crippen LogP) is 15.8. The van der Waals surface area contributed by atoms with Crippen LogP contribution < -0.4 is 9.30 Å². The van der Waals surface area contributed by atoms with Crippen molar-refractivity contribution >= 4 is 32.8 Å². The molecule has 0 saturated heterocycles. The van der Waals surface area contributed by atoms with Gasteiger partial charge in [-0.2, -0.15) is 9.13 Å². The molecule has 0 atom stereocenters. The molecule has 67 heavy (non-hydrogen) atoms. The van der Waals surface area contributed by atoms with Gasteiger partial charge in [0, 0.05) is 45.8 Å². The monoisotopic (exact) mass is 880 g/mol. The van der Waals surface area contributed by atoms with Gasteiger partial charge in [0.1, 0.15) is 28.7 Å². The van der Waals surface area contributed by atoms with Crippen molar-refractivity contribution in [3.63, 3.8) is 0 Å². The van der Waals surface area contributed by atoms with Crippen molar-refractivity contribution in [3.8, 4) is 73.2 Å². The molecule has 0 aliphatic carbocycles. The SMILES string of the molecule is [2H]c1c([2H])c([2H])c(-c2cc(C(C)(C)C)cc3c2-[n+]2cn(-c4cccc(Oc5ccc6c7ccccc7n(-c7cc(C(C)(C)C)ccn7)c6c5)c4)c4cccc(c42)-c2c([2H])c([2H])c([2H])c([2H])c2-c2c([2H])c([2H])c([2H])c([2H])c2-3)c([2H])c1[2H]. The van der Waals surface area contributed by atoms with Gasteiger partial charge in [0.2, 0.25) is 0 Å². The lowest BCUT2D eigenvalue weighted by molar-refractivity contribution is -0.566. The maximum absolute atomic E-state index is 9.77. The second kappa shape index (κ2) is 15.3. The Hall–Kier alpha value is -8.02. The fourth-order valence-electron chi connectivity index (χ4n) is 9.39. The zero-order chi connectivity index (χ0) is 56.9. The Morgan fingerprint density at radius 1 is 0.507 bits per heavy atom. The number of para-hydroxylation sites is 2. The molecule has 5 nitrogen and oxygen atoms in total. The normalized spacial score (nSPS) is 15.0. The Morgan fingerprint density at radius 3 is 1.88 bits per heavy atom. The van der Waals surface area contributed by atoms with E-state index in [1.54, 1.807) is 35.2 Å². The molecule has 0 spiro atoms. The minimum atomic E-state index is -0.720. The summed E-state index contributed by atoms with van der Waals surface area (Å²) in [4.78, 5) is 4.85. The summed E-state index contributed by atoms with van der Waals surface area (Å²) in [7, 11) is 0. The van der Waals surface area contributed by atoms with E-state index in [9.17, 15) is 8.22 Å². The van der Waals surface area contributed by atoms with Gasteiger partial charge in [-0.15, -0.1) is 0 Å². The number of imidazole rings is 1. The molecule has 0 saturated carbocycles. The molecule has 0 radical (unpaired) electrons. The van der Waals surface area contributed by atoms with Crippen molar-refractivity contribution in [1.29, 1.82) is 0 Å². The summed E-state index contributed by atoms with van der Waals surface area (Å²) in [6.07, 6.45) is 3.58. The zero-order valence-corrected chi connectivity index (χ0v) is 37.7. The van der Waals surface area contributed by atoms with Crippen LogP contribution in [0.5, 0.6) is 11.5 Å². The van der Waals surface area contributed by atoms with Crippen LogP contribution in [-0.4, -0.2) is 14.1 Å². The molecule has 3 aromatic heterocycles. The minimum absolute atomic E-state index is 0.0298. The number of hydrogen-bond donors (Lipinski definition) is 0.